The van der Waals surface area contributed by atoms with Gasteiger partial charge in [0.15, 0.2) is 0 Å². The third-order valence-corrected chi connectivity index (χ3v) is 9.31. The van der Waals surface area contributed by atoms with Crippen molar-refractivity contribution in [3.05, 3.63) is 82.8 Å². The summed E-state index contributed by atoms with van der Waals surface area (Å²) in [6.45, 7) is -0.0431. The molecular formula is C26H24F6N2O4S2. The van der Waals surface area contributed by atoms with Gasteiger partial charge in [-0.15, -0.1) is 0 Å². The predicted octanol–water partition coefficient (Wildman–Crippen LogP) is 4.98. The summed E-state index contributed by atoms with van der Waals surface area (Å²) < 4.78 is 108. The van der Waals surface area contributed by atoms with Crippen molar-refractivity contribution < 1.29 is 45.0 Å². The number of nitrogens with zero attached hydrogens (tertiary/aromatic N) is 2. The van der Waals surface area contributed by atoms with Gasteiger partial charge in [0.2, 0.25) is 10.0 Å². The lowest BCUT2D eigenvalue weighted by molar-refractivity contribution is -0.376. The first kappa shape index (κ1) is 30.0. The van der Waals surface area contributed by atoms with Crippen LogP contribution in [0.3, 0.4) is 0 Å². The summed E-state index contributed by atoms with van der Waals surface area (Å²) in [5.74, 6) is -0.0308. The zero-order valence-corrected chi connectivity index (χ0v) is 22.3. The van der Waals surface area contributed by atoms with Crippen molar-refractivity contribution in [1.29, 1.82) is 0 Å². The summed E-state index contributed by atoms with van der Waals surface area (Å²) in [7, 11) is -3.99. The number of phenolic OH excluding ortho intramolecular Hbond substituents is 1. The van der Waals surface area contributed by atoms with Crippen molar-refractivity contribution in [2.45, 2.75) is 36.8 Å². The molecule has 1 aliphatic carbocycles. The Kier molecular flexibility index (Phi) is 8.11. The fraction of sp³-hybridized carbons (Fsp3) is 0.346. The van der Waals surface area contributed by atoms with Crippen molar-refractivity contribution in [3.8, 4) is 5.75 Å². The number of halogens is 6. The minimum atomic E-state index is -6.02. The molecule has 1 saturated heterocycles. The Balaban J connectivity index is 1.68. The molecule has 1 heterocycles. The minimum absolute atomic E-state index is 0.00232. The highest BCUT2D eigenvalue weighted by Crippen LogP contribution is 2.50. The van der Waals surface area contributed by atoms with Crippen LogP contribution < -0.4 is 4.90 Å². The number of phenols is 1. The second-order valence-electron chi connectivity index (χ2n) is 9.42. The number of sulfonamides is 1. The van der Waals surface area contributed by atoms with E-state index in [1.54, 1.807) is 29.2 Å². The molecule has 1 aliphatic heterocycles. The summed E-state index contributed by atoms with van der Waals surface area (Å²) in [4.78, 5) is 1.93. The van der Waals surface area contributed by atoms with E-state index in [1.807, 2.05) is 0 Å². The molecule has 2 aromatic carbocycles. The summed E-state index contributed by atoms with van der Waals surface area (Å²) in [5.41, 5.74) is -5.60. The van der Waals surface area contributed by atoms with Gasteiger partial charge < -0.3 is 15.1 Å². The van der Waals surface area contributed by atoms with Crippen molar-refractivity contribution in [3.63, 3.8) is 0 Å². The second-order valence-corrected chi connectivity index (χ2v) is 11.8. The Morgan fingerprint density at radius 2 is 1.62 bits per heavy atom. The number of aliphatic hydroxyl groups is 1. The number of benzene rings is 2. The quantitative estimate of drug-likeness (QED) is 0.357. The Bertz CT molecular complexity index is 1420. The number of piperazine rings is 1. The van der Waals surface area contributed by atoms with Crippen molar-refractivity contribution in [1.82, 2.24) is 4.31 Å². The van der Waals surface area contributed by atoms with E-state index in [9.17, 15) is 45.0 Å². The van der Waals surface area contributed by atoms with Crippen LogP contribution in [0.1, 0.15) is 17.5 Å². The molecule has 0 unspecified atom stereocenters. The number of rotatable bonds is 6. The zero-order valence-electron chi connectivity index (χ0n) is 20.7. The van der Waals surface area contributed by atoms with Gasteiger partial charge in [-0.05, 0) is 42.3 Å². The Morgan fingerprint density at radius 3 is 2.20 bits per heavy atom. The van der Waals surface area contributed by atoms with Gasteiger partial charge in [0.1, 0.15) is 5.75 Å². The molecule has 1 fully saturated rings. The monoisotopic (exact) mass is 606 g/mol. The topological polar surface area (TPSA) is 81.1 Å². The normalized spacial score (nSPS) is 19.6. The van der Waals surface area contributed by atoms with E-state index >= 15 is 0 Å². The molecular weight excluding hydrogens is 582 g/mol. The number of allylic oxidation sites excluding steroid dienone is 4. The summed E-state index contributed by atoms with van der Waals surface area (Å²) in [5, 5.41) is 19.6. The van der Waals surface area contributed by atoms with E-state index < -0.39 is 39.6 Å². The summed E-state index contributed by atoms with van der Waals surface area (Å²) >= 11 is 5.24. The first-order valence-corrected chi connectivity index (χ1v) is 13.8. The lowest BCUT2D eigenvalue weighted by atomic mass is 9.92. The van der Waals surface area contributed by atoms with Crippen LogP contribution in [-0.4, -0.2) is 65.8 Å². The molecule has 0 bridgehead atoms. The number of thiocarbonyl (C=S) groups is 1. The molecule has 0 radical (unpaired) electrons. The highest BCUT2D eigenvalue weighted by molar-refractivity contribution is 7.96. The number of alkyl halides is 6. The lowest BCUT2D eigenvalue weighted by Crippen LogP contribution is -2.56. The number of hydrogen-bond donors (Lipinski definition) is 2. The predicted molar refractivity (Wildman–Crippen MR) is 140 cm³/mol. The molecule has 1 atom stereocenters. The average Bonchev–Trinajstić information content (AvgIpc) is 2.87. The van der Waals surface area contributed by atoms with Gasteiger partial charge in [0, 0.05) is 48.2 Å². The van der Waals surface area contributed by atoms with Crippen LogP contribution in [-0.2, 0) is 22.0 Å². The molecule has 2 N–H and O–H groups in total. The molecule has 216 valence electrons. The molecule has 40 heavy (non-hydrogen) atoms. The molecule has 0 spiro atoms. The molecule has 6 nitrogen and oxygen atoms in total. The lowest BCUT2D eigenvalue weighted by Gasteiger charge is -2.43. The van der Waals surface area contributed by atoms with Crippen LogP contribution in [0.25, 0.3) is 0 Å². The average molecular weight is 607 g/mol. The molecule has 0 amide bonds. The van der Waals surface area contributed by atoms with Crippen LogP contribution in [0.4, 0.5) is 32.0 Å². The van der Waals surface area contributed by atoms with Gasteiger partial charge in [0.25, 0.3) is 5.60 Å². The summed E-state index contributed by atoms with van der Waals surface area (Å²) in [6.07, 6.45) is -6.82. The second kappa shape index (κ2) is 10.8. The van der Waals surface area contributed by atoms with E-state index in [-0.39, 0.29) is 47.3 Å². The highest BCUT2D eigenvalue weighted by Gasteiger charge is 2.71. The smallest absolute Gasteiger partial charge is 0.430 e. The third kappa shape index (κ3) is 5.62. The first-order chi connectivity index (χ1) is 18.6. The molecule has 2 aromatic rings. The number of hydrogen-bond acceptors (Lipinski definition) is 6. The van der Waals surface area contributed by atoms with Crippen molar-refractivity contribution in [2.24, 2.45) is 0 Å². The van der Waals surface area contributed by atoms with Crippen LogP contribution >= 0.6 is 12.2 Å². The van der Waals surface area contributed by atoms with Crippen LogP contribution in [0.5, 0.6) is 5.75 Å². The molecule has 2 aliphatic rings. The van der Waals surface area contributed by atoms with Crippen LogP contribution in [0, 0.1) is 0 Å². The maximum Gasteiger partial charge on any atom is 0.430 e. The Hall–Kier alpha value is -2.94. The maximum atomic E-state index is 13.4. The first-order valence-electron chi connectivity index (χ1n) is 12.0. The molecule has 4 rings (SSSR count). The SMILES string of the molecule is O=S(=O)(C1=CC=CCC1=S)N1CCN(c2ccc(C(O)(C(F)(F)F)C(F)(F)F)cc2)[C@@H](Cc2cccc(O)c2)C1. The molecule has 0 aromatic heterocycles. The number of aromatic hydroxyl groups is 1. The molecule has 14 heteroatoms. The van der Waals surface area contributed by atoms with Gasteiger partial charge in [0.05, 0.1) is 4.91 Å². The van der Waals surface area contributed by atoms with Gasteiger partial charge >= 0.3 is 12.4 Å². The zero-order chi connectivity index (χ0) is 29.5. The third-order valence-electron chi connectivity index (χ3n) is 6.84. The van der Waals surface area contributed by atoms with E-state index in [1.165, 1.54) is 22.5 Å². The Labute approximate surface area is 231 Å². The Morgan fingerprint density at radius 1 is 0.975 bits per heavy atom. The van der Waals surface area contributed by atoms with Crippen LogP contribution in [0.2, 0.25) is 0 Å². The van der Waals surface area contributed by atoms with Gasteiger partial charge in [-0.2, -0.15) is 30.6 Å². The van der Waals surface area contributed by atoms with Gasteiger partial charge in [-0.25, -0.2) is 8.42 Å². The van der Waals surface area contributed by atoms with E-state index in [2.05, 4.69) is 0 Å². The number of anilines is 1. The van der Waals surface area contributed by atoms with E-state index in [4.69, 9.17) is 12.2 Å². The summed E-state index contributed by atoms with van der Waals surface area (Å²) in [6, 6.07) is 8.77. The van der Waals surface area contributed by atoms with Crippen LogP contribution in [0.15, 0.2) is 71.7 Å². The van der Waals surface area contributed by atoms with E-state index in [0.29, 0.717) is 24.1 Å². The van der Waals surface area contributed by atoms with Crippen molar-refractivity contribution >= 4 is 32.8 Å². The maximum absolute atomic E-state index is 13.4. The van der Waals surface area contributed by atoms with Crippen molar-refractivity contribution in [2.75, 3.05) is 24.5 Å². The van der Waals surface area contributed by atoms with Gasteiger partial charge in [-0.1, -0.05) is 48.6 Å². The minimum Gasteiger partial charge on any atom is -0.508 e. The molecule has 0 saturated carbocycles. The van der Waals surface area contributed by atoms with Gasteiger partial charge in [-0.3, -0.25) is 0 Å². The fourth-order valence-electron chi connectivity index (χ4n) is 4.79. The standard InChI is InChI=1S/C26H24F6N2O4S2/c27-25(28,29)24(36,26(30,31)32)18-8-10-19(11-9-18)34-13-12-33(40(37,38)23-7-2-1-6-22(23)39)16-20(34)14-17-4-3-5-21(35)15-17/h1-5,7-11,15,20,35-36H,6,12-14,16H2/t20-/m0/s1. The largest absolute Gasteiger partial charge is 0.508 e. The highest BCUT2D eigenvalue weighted by atomic mass is 32.2. The van der Waals surface area contributed by atoms with E-state index in [0.717, 1.165) is 12.1 Å². The fourth-order valence-corrected chi connectivity index (χ4v) is 6.86.